The van der Waals surface area contributed by atoms with Crippen LogP contribution in [0.4, 0.5) is 0 Å². The van der Waals surface area contributed by atoms with Gasteiger partial charge < -0.3 is 0 Å². The summed E-state index contributed by atoms with van der Waals surface area (Å²) < 4.78 is 0. The van der Waals surface area contributed by atoms with E-state index in [4.69, 9.17) is 0 Å². The van der Waals surface area contributed by atoms with Crippen LogP contribution in [0.3, 0.4) is 0 Å². The van der Waals surface area contributed by atoms with E-state index in [0.717, 1.165) is 0 Å². The molecule has 0 unspecified atom stereocenters. The molecule has 1 fully saturated rings. The number of hydrogen-bond donors (Lipinski definition) is 0. The van der Waals surface area contributed by atoms with Gasteiger partial charge in [-0.25, -0.2) is 0 Å². The zero-order chi connectivity index (χ0) is 6.04. The van der Waals surface area contributed by atoms with Crippen LogP contribution in [0.5, 0.6) is 0 Å². The van der Waals surface area contributed by atoms with Crippen molar-refractivity contribution in [1.82, 2.24) is 0 Å². The van der Waals surface area contributed by atoms with Gasteiger partial charge in [0.25, 0.3) is 0 Å². The highest BCUT2D eigenvalue weighted by Crippen LogP contribution is 2.32. The molecule has 1 heterocycles. The van der Waals surface area contributed by atoms with E-state index in [1.165, 1.54) is 18.6 Å². The molecule has 0 saturated carbocycles. The van der Waals surface area contributed by atoms with Gasteiger partial charge in [-0.15, -0.1) is 0 Å². The summed E-state index contributed by atoms with van der Waals surface area (Å²) in [5.41, 5.74) is 0. The third-order valence-electron chi connectivity index (χ3n) is 1.67. The predicted octanol–water partition coefficient (Wildman–Crippen LogP) is 2.72. The molecule has 0 amide bonds. The van der Waals surface area contributed by atoms with E-state index in [0.29, 0.717) is 0 Å². The van der Waals surface area contributed by atoms with Gasteiger partial charge >= 0.3 is 0 Å². The maximum absolute atomic E-state index is 2.48. The van der Waals surface area contributed by atoms with E-state index < -0.39 is 7.22 Å². The van der Waals surface area contributed by atoms with Gasteiger partial charge in [-0.3, -0.25) is 0 Å². The molecule has 0 bridgehead atoms. The van der Waals surface area contributed by atoms with Crippen LogP contribution in [0.15, 0.2) is 0 Å². The highest BCUT2D eigenvalue weighted by molar-refractivity contribution is 8.28. The topological polar surface area (TPSA) is 0 Å². The van der Waals surface area contributed by atoms with Gasteiger partial charge in [0.05, 0.1) is 0 Å². The first-order valence-electron chi connectivity index (χ1n) is 3.35. The highest BCUT2D eigenvalue weighted by Gasteiger charge is 2.23. The highest BCUT2D eigenvalue weighted by atomic mass is 32.4. The fourth-order valence-corrected chi connectivity index (χ4v) is 6.18. The lowest BCUT2D eigenvalue weighted by atomic mass is 10.4. The second-order valence-electron chi connectivity index (χ2n) is 3.07. The maximum Gasteiger partial charge on any atom is 0.111 e. The summed E-state index contributed by atoms with van der Waals surface area (Å²) in [4.78, 5) is 0. The van der Waals surface area contributed by atoms with Gasteiger partial charge in [-0.05, 0) is 18.2 Å². The van der Waals surface area contributed by atoms with Crippen molar-refractivity contribution in [1.29, 1.82) is 0 Å². The third kappa shape index (κ3) is 1.82. The van der Waals surface area contributed by atoms with Crippen LogP contribution in [0.1, 0.15) is 12.8 Å². The molecule has 0 nitrogen and oxygen atoms in total. The van der Waals surface area contributed by atoms with Crippen LogP contribution in [-0.2, 0) is 0 Å². The van der Waals surface area contributed by atoms with Gasteiger partial charge in [0, 0.05) is 0 Å². The summed E-state index contributed by atoms with van der Waals surface area (Å²) in [7, 11) is -0.674. The van der Waals surface area contributed by atoms with E-state index in [9.17, 15) is 0 Å². The molecular formula is C6H14SSi. The van der Waals surface area contributed by atoms with Crippen molar-refractivity contribution >= 4 is 18.4 Å². The second-order valence-corrected chi connectivity index (χ2v) is 12.0. The molecule has 1 aliphatic heterocycles. The molecule has 1 saturated heterocycles. The summed E-state index contributed by atoms with van der Waals surface area (Å²) in [6, 6.07) is 1.55. The Kier molecular flexibility index (Phi) is 2.04. The van der Waals surface area contributed by atoms with E-state index >= 15 is 0 Å². The average Bonchev–Trinajstić information content (AvgIpc) is 1.65. The van der Waals surface area contributed by atoms with Gasteiger partial charge in [0.15, 0.2) is 0 Å². The maximum atomic E-state index is 2.48. The molecule has 1 rings (SSSR count). The summed E-state index contributed by atoms with van der Waals surface area (Å²) in [6.07, 6.45) is 2.98. The molecule has 48 valence electrons. The summed E-state index contributed by atoms with van der Waals surface area (Å²) >= 11 is 2.26. The molecule has 0 radical (unpaired) electrons. The smallest absolute Gasteiger partial charge is 0.111 e. The Morgan fingerprint density at radius 2 is 2.00 bits per heavy atom. The lowest BCUT2D eigenvalue weighted by molar-refractivity contribution is 0.874. The first-order chi connectivity index (χ1) is 3.71. The van der Waals surface area contributed by atoms with Gasteiger partial charge in [0.2, 0.25) is 0 Å². The van der Waals surface area contributed by atoms with Crippen molar-refractivity contribution < 1.29 is 0 Å². The summed E-state index contributed by atoms with van der Waals surface area (Å²) in [6.45, 7) is 4.97. The summed E-state index contributed by atoms with van der Waals surface area (Å²) in [5.74, 6) is 1.44. The zero-order valence-electron chi connectivity index (χ0n) is 5.74. The lowest BCUT2D eigenvalue weighted by Gasteiger charge is -2.25. The Bertz CT molecular complexity index is 72.6. The molecule has 1 aliphatic rings. The quantitative estimate of drug-likeness (QED) is 0.474. The molecule has 0 atom stereocenters. The van der Waals surface area contributed by atoms with Gasteiger partial charge in [0.1, 0.15) is 7.22 Å². The van der Waals surface area contributed by atoms with Crippen molar-refractivity contribution in [3.63, 3.8) is 0 Å². The largest absolute Gasteiger partial charge is 0.186 e. The molecule has 0 aromatic rings. The van der Waals surface area contributed by atoms with Crippen molar-refractivity contribution in [2.45, 2.75) is 32.0 Å². The Morgan fingerprint density at radius 1 is 1.25 bits per heavy atom. The molecule has 0 N–H and O–H groups in total. The fourth-order valence-electron chi connectivity index (χ4n) is 1.07. The van der Waals surface area contributed by atoms with E-state index in [-0.39, 0.29) is 0 Å². The Hall–Kier alpha value is 0.567. The van der Waals surface area contributed by atoms with Crippen LogP contribution >= 0.6 is 11.2 Å². The molecular weight excluding hydrogens is 132 g/mol. The first-order valence-corrected chi connectivity index (χ1v) is 8.26. The zero-order valence-corrected chi connectivity index (χ0v) is 7.55. The molecule has 0 aliphatic carbocycles. The Balaban J connectivity index is 2.33. The standard InChI is InChI=1S/C6H14SSi/c1-8(2)6-4-3-5-7-8/h3-6H2,1-2H3. The number of rotatable bonds is 0. The van der Waals surface area contributed by atoms with Crippen LogP contribution in [0, 0.1) is 0 Å². The van der Waals surface area contributed by atoms with Gasteiger partial charge in [-0.1, -0.05) is 19.5 Å². The minimum atomic E-state index is -0.674. The lowest BCUT2D eigenvalue weighted by Crippen LogP contribution is -2.24. The predicted molar refractivity (Wildman–Crippen MR) is 44.0 cm³/mol. The van der Waals surface area contributed by atoms with Gasteiger partial charge in [-0.2, -0.15) is 11.2 Å². The normalized spacial score (nSPS) is 27.8. The van der Waals surface area contributed by atoms with Crippen molar-refractivity contribution in [2.75, 3.05) is 5.75 Å². The van der Waals surface area contributed by atoms with E-state index in [1.807, 2.05) is 0 Å². The van der Waals surface area contributed by atoms with Crippen molar-refractivity contribution in [2.24, 2.45) is 0 Å². The Labute approximate surface area is 56.7 Å². The fraction of sp³-hybridized carbons (Fsp3) is 1.00. The van der Waals surface area contributed by atoms with Crippen molar-refractivity contribution in [3.8, 4) is 0 Å². The van der Waals surface area contributed by atoms with Crippen LogP contribution in [0.25, 0.3) is 0 Å². The van der Waals surface area contributed by atoms with Crippen molar-refractivity contribution in [3.05, 3.63) is 0 Å². The minimum Gasteiger partial charge on any atom is -0.186 e. The monoisotopic (exact) mass is 146 g/mol. The van der Waals surface area contributed by atoms with Crippen LogP contribution < -0.4 is 0 Å². The summed E-state index contributed by atoms with van der Waals surface area (Å²) in [5, 5.41) is 0. The van der Waals surface area contributed by atoms with E-state index in [2.05, 4.69) is 24.3 Å². The average molecular weight is 146 g/mol. The molecule has 2 heteroatoms. The molecule has 8 heavy (non-hydrogen) atoms. The van der Waals surface area contributed by atoms with Crippen LogP contribution in [-0.4, -0.2) is 13.0 Å². The third-order valence-corrected chi connectivity index (χ3v) is 8.07. The Morgan fingerprint density at radius 3 is 2.25 bits per heavy atom. The molecule has 0 aromatic heterocycles. The minimum absolute atomic E-state index is 0.674. The van der Waals surface area contributed by atoms with E-state index in [1.54, 1.807) is 6.04 Å². The SMILES string of the molecule is C[Si]1(C)CCCCS1. The second kappa shape index (κ2) is 2.44. The molecule has 0 aromatic carbocycles. The van der Waals surface area contributed by atoms with Crippen LogP contribution in [0.2, 0.25) is 19.1 Å². The number of hydrogen-bond acceptors (Lipinski definition) is 1. The molecule has 0 spiro atoms. The first kappa shape index (κ1) is 6.68.